The third-order valence-corrected chi connectivity index (χ3v) is 16.5. The van der Waals surface area contributed by atoms with Crippen LogP contribution < -0.4 is 0 Å². The molecule has 3 aromatic heterocycles. The summed E-state index contributed by atoms with van der Waals surface area (Å²) in [5.41, 5.74) is 24.0. The summed E-state index contributed by atoms with van der Waals surface area (Å²) in [5, 5.41) is 8.78. The first-order valence-electron chi connectivity index (χ1n) is 25.2. The van der Waals surface area contributed by atoms with Crippen LogP contribution >= 0.6 is 0 Å². The zero-order chi connectivity index (χ0) is 46.4. The van der Waals surface area contributed by atoms with E-state index in [9.17, 15) is 0 Å². The summed E-state index contributed by atoms with van der Waals surface area (Å²) in [5.74, 6) is 0. The summed E-state index contributed by atoms with van der Waals surface area (Å²) in [6.45, 7) is 0. The second-order valence-corrected chi connectivity index (χ2v) is 19.9. The Kier molecular flexibility index (Phi) is 8.05. The molecule has 0 saturated heterocycles. The Balaban J connectivity index is 0.865. The monoisotopic (exact) mass is 903 g/mol. The van der Waals surface area contributed by atoms with E-state index in [1.54, 1.807) is 5.57 Å². The van der Waals surface area contributed by atoms with Crippen molar-refractivity contribution in [2.24, 2.45) is 0 Å². The summed E-state index contributed by atoms with van der Waals surface area (Å²) in [4.78, 5) is 5.62. The van der Waals surface area contributed by atoms with Gasteiger partial charge in [0.1, 0.15) is 0 Å². The van der Waals surface area contributed by atoms with Crippen LogP contribution in [0.25, 0.3) is 110 Å². The highest BCUT2D eigenvalue weighted by molar-refractivity contribution is 6.20. The van der Waals surface area contributed by atoms with E-state index in [1.807, 2.05) is 0 Å². The number of para-hydroxylation sites is 4. The molecule has 0 amide bonds. The van der Waals surface area contributed by atoms with Gasteiger partial charge < -0.3 is 9.13 Å². The molecular weight excluding hydrogens is 859 g/mol. The van der Waals surface area contributed by atoms with E-state index in [0.29, 0.717) is 0 Å². The van der Waals surface area contributed by atoms with Gasteiger partial charge in [0.2, 0.25) is 0 Å². The quantitative estimate of drug-likeness (QED) is 0.161. The molecule has 0 fully saturated rings. The molecule has 3 heteroatoms. The normalized spacial score (nSPS) is 16.9. The molecule has 0 bridgehead atoms. The highest BCUT2D eigenvalue weighted by Gasteiger charge is 2.53. The number of allylic oxidation sites excluding steroid dienone is 8. The number of pyridine rings is 1. The van der Waals surface area contributed by atoms with Crippen LogP contribution in [0.4, 0.5) is 0 Å². The minimum Gasteiger partial charge on any atom is -0.310 e. The molecule has 0 aliphatic heterocycles. The van der Waals surface area contributed by atoms with Crippen molar-refractivity contribution in [2.75, 3.05) is 0 Å². The largest absolute Gasteiger partial charge is 0.310 e. The van der Waals surface area contributed by atoms with Gasteiger partial charge in [-0.3, -0.25) is 0 Å². The van der Waals surface area contributed by atoms with Crippen molar-refractivity contribution in [3.05, 3.63) is 258 Å². The van der Waals surface area contributed by atoms with Gasteiger partial charge in [0.15, 0.2) is 0 Å². The summed E-state index contributed by atoms with van der Waals surface area (Å²) < 4.78 is 4.88. The Morgan fingerprint density at radius 1 is 0.451 bits per heavy atom. The second kappa shape index (κ2) is 14.6. The predicted molar refractivity (Wildman–Crippen MR) is 297 cm³/mol. The molecule has 0 saturated carbocycles. The molecule has 71 heavy (non-hydrogen) atoms. The number of nitrogens with zero attached hydrogens (tertiary/aromatic N) is 3. The van der Waals surface area contributed by atoms with Crippen molar-refractivity contribution in [3.8, 4) is 27.9 Å². The number of rotatable bonds is 4. The third kappa shape index (κ3) is 5.25. The van der Waals surface area contributed by atoms with Gasteiger partial charge in [-0.15, -0.1) is 0 Å². The van der Waals surface area contributed by atoms with Gasteiger partial charge in [-0.25, -0.2) is 4.98 Å². The summed E-state index contributed by atoms with van der Waals surface area (Å²) in [6, 6.07) is 74.7. The molecule has 1 unspecified atom stereocenters. The molecular formula is C68H45N3. The first-order chi connectivity index (χ1) is 35.2. The fraction of sp³-hybridized carbons (Fsp3) is 0.0735. The molecule has 9 aromatic carbocycles. The first kappa shape index (κ1) is 39.1. The zero-order valence-electron chi connectivity index (χ0n) is 39.0. The topological polar surface area (TPSA) is 22.8 Å². The minimum absolute atomic E-state index is 0.326. The van der Waals surface area contributed by atoms with Gasteiger partial charge in [-0.1, -0.05) is 164 Å². The molecule has 332 valence electrons. The molecule has 1 atom stereocenters. The van der Waals surface area contributed by atoms with E-state index in [1.165, 1.54) is 127 Å². The van der Waals surface area contributed by atoms with Crippen LogP contribution in [-0.2, 0) is 5.41 Å². The fourth-order valence-corrected chi connectivity index (χ4v) is 13.6. The lowest BCUT2D eigenvalue weighted by Gasteiger charge is -2.33. The Labute approximate surface area is 411 Å². The fourth-order valence-electron chi connectivity index (χ4n) is 13.6. The van der Waals surface area contributed by atoms with Gasteiger partial charge in [-0.05, 0) is 148 Å². The number of hydrogen-bond donors (Lipinski definition) is 0. The lowest BCUT2D eigenvalue weighted by Crippen LogP contribution is -2.27. The maximum Gasteiger partial charge on any atom is 0.0748 e. The van der Waals surface area contributed by atoms with Crippen LogP contribution in [0, 0.1) is 0 Å². The van der Waals surface area contributed by atoms with Crippen molar-refractivity contribution < 1.29 is 0 Å². The van der Waals surface area contributed by atoms with Crippen molar-refractivity contribution in [1.29, 1.82) is 0 Å². The van der Waals surface area contributed by atoms with E-state index in [-0.39, 0.29) is 5.41 Å². The molecule has 1 spiro atoms. The number of aromatic nitrogens is 3. The van der Waals surface area contributed by atoms with Crippen LogP contribution in [0.2, 0.25) is 0 Å². The highest BCUT2D eigenvalue weighted by Crippen LogP contribution is 2.65. The maximum atomic E-state index is 5.62. The predicted octanol–water partition coefficient (Wildman–Crippen LogP) is 17.4. The van der Waals surface area contributed by atoms with Crippen molar-refractivity contribution in [3.63, 3.8) is 0 Å². The Hall–Kier alpha value is -8.79. The second-order valence-electron chi connectivity index (χ2n) is 19.9. The van der Waals surface area contributed by atoms with Crippen LogP contribution in [-0.4, -0.2) is 14.1 Å². The van der Waals surface area contributed by atoms with Gasteiger partial charge in [0, 0.05) is 49.1 Å². The van der Waals surface area contributed by atoms with E-state index >= 15 is 0 Å². The molecule has 0 N–H and O–H groups in total. The Morgan fingerprint density at radius 3 is 1.85 bits per heavy atom. The highest BCUT2D eigenvalue weighted by atomic mass is 15.0. The number of fused-ring (bicyclic) bond motifs is 19. The first-order valence-corrected chi connectivity index (χ1v) is 25.2. The lowest BCUT2D eigenvalue weighted by molar-refractivity contribution is 0.714. The van der Waals surface area contributed by atoms with Gasteiger partial charge >= 0.3 is 0 Å². The van der Waals surface area contributed by atoms with E-state index in [0.717, 1.165) is 36.9 Å². The maximum absolute atomic E-state index is 5.62. The third-order valence-electron chi connectivity index (χ3n) is 16.5. The summed E-state index contributed by atoms with van der Waals surface area (Å²) in [7, 11) is 0. The van der Waals surface area contributed by atoms with Crippen LogP contribution in [0.3, 0.4) is 0 Å². The van der Waals surface area contributed by atoms with Crippen molar-refractivity contribution >= 4 is 82.1 Å². The molecule has 12 aromatic rings. The van der Waals surface area contributed by atoms with Crippen molar-refractivity contribution in [2.45, 2.75) is 31.1 Å². The van der Waals surface area contributed by atoms with Crippen LogP contribution in [0.1, 0.15) is 53.6 Å². The smallest absolute Gasteiger partial charge is 0.0748 e. The Bertz CT molecular complexity index is 4450. The van der Waals surface area contributed by atoms with Gasteiger partial charge in [0.25, 0.3) is 0 Å². The average Bonchev–Trinajstić information content (AvgIpc) is 4.15. The number of benzene rings is 9. The standard InChI is InChI=1S/C68H45N3/c1-2-18-45(19-3-1)70-61-31-14-8-23-49(61)54-40-42(33-37-63(54)70)43-34-38-64-55(41-43)50-24-9-15-32-62(50)71(64)46-20-16-17-44(39-46)67-53-35-36-59-66(65(53)52-26-7-13-30-60(52)69-67)51-25-6-12-29-58(51)68(59)56-27-10-4-21-47(56)48-22-5-11-28-57(48)68/h1-10,12-15,18-27,29-41H,11,16-17,28H2. The molecule has 4 aliphatic rings. The summed E-state index contributed by atoms with van der Waals surface area (Å²) >= 11 is 0. The molecule has 3 nitrogen and oxygen atoms in total. The SMILES string of the molecule is C1=CC2=C(CC1)C1(c3ccccc32)c2ccccc2-c2c1ccc1c(C3=CC(n4c5ccccc5c5cc(-c6ccc7c(c6)c6ccccc6n7-c6ccccc6)ccc54)=CCC3)nc3ccccc3c21. The zero-order valence-corrected chi connectivity index (χ0v) is 39.0. The Morgan fingerprint density at radius 2 is 1.07 bits per heavy atom. The summed E-state index contributed by atoms with van der Waals surface area (Å²) in [6.07, 6.45) is 13.6. The van der Waals surface area contributed by atoms with Crippen LogP contribution in [0.5, 0.6) is 0 Å². The van der Waals surface area contributed by atoms with Gasteiger partial charge in [0.05, 0.1) is 38.7 Å². The van der Waals surface area contributed by atoms with E-state index < -0.39 is 0 Å². The van der Waals surface area contributed by atoms with Crippen LogP contribution in [0.15, 0.2) is 230 Å². The van der Waals surface area contributed by atoms with Crippen molar-refractivity contribution in [1.82, 2.24) is 14.1 Å². The lowest BCUT2D eigenvalue weighted by atomic mass is 9.68. The van der Waals surface area contributed by atoms with E-state index in [4.69, 9.17) is 4.98 Å². The minimum atomic E-state index is -0.326. The molecule has 3 heterocycles. The molecule has 0 radical (unpaired) electrons. The molecule has 4 aliphatic carbocycles. The van der Waals surface area contributed by atoms with E-state index in [2.05, 4.69) is 234 Å². The number of hydrogen-bond acceptors (Lipinski definition) is 1. The average molecular weight is 904 g/mol. The van der Waals surface area contributed by atoms with Gasteiger partial charge in [-0.2, -0.15) is 0 Å². The molecule has 16 rings (SSSR count).